The molecule has 0 aromatic carbocycles. The van der Waals surface area contributed by atoms with E-state index in [1.807, 2.05) is 13.0 Å². The second kappa shape index (κ2) is 6.99. The van der Waals surface area contributed by atoms with Gasteiger partial charge < -0.3 is 9.26 Å². The van der Waals surface area contributed by atoms with Crippen LogP contribution in [0.2, 0.25) is 0 Å². The van der Waals surface area contributed by atoms with Gasteiger partial charge in [0.25, 0.3) is 0 Å². The quantitative estimate of drug-likeness (QED) is 0.753. The lowest BCUT2D eigenvalue weighted by Gasteiger charge is -2.43. The van der Waals surface area contributed by atoms with E-state index < -0.39 is 0 Å². The Morgan fingerprint density at radius 1 is 1.52 bits per heavy atom. The minimum absolute atomic E-state index is 0.147. The summed E-state index contributed by atoms with van der Waals surface area (Å²) < 4.78 is 22.8. The Balaban J connectivity index is 1.78. The van der Waals surface area contributed by atoms with Crippen LogP contribution in [-0.4, -0.2) is 48.4 Å². The summed E-state index contributed by atoms with van der Waals surface area (Å²) in [6.07, 6.45) is 4.29. The lowest BCUT2D eigenvalue weighted by atomic mass is 9.77. The average Bonchev–Trinajstić information content (AvgIpc) is 3.07. The fraction of sp³-hybridized carbons (Fsp3) is 0.765. The minimum atomic E-state index is -0.305. The van der Waals surface area contributed by atoms with Gasteiger partial charge in [-0.05, 0) is 44.9 Å². The van der Waals surface area contributed by atoms with Gasteiger partial charge in [-0.2, -0.15) is 0 Å². The molecule has 0 saturated carbocycles. The summed E-state index contributed by atoms with van der Waals surface area (Å²) >= 11 is 0. The first-order valence-electron chi connectivity index (χ1n) is 8.45. The van der Waals surface area contributed by atoms with Crippen molar-refractivity contribution in [3.05, 3.63) is 17.5 Å². The van der Waals surface area contributed by atoms with Crippen LogP contribution in [0.5, 0.6) is 0 Å². The van der Waals surface area contributed by atoms with Crippen molar-refractivity contribution in [2.45, 2.75) is 51.1 Å². The summed E-state index contributed by atoms with van der Waals surface area (Å²) in [5.41, 5.74) is 0.901. The van der Waals surface area contributed by atoms with Gasteiger partial charge in [0, 0.05) is 24.7 Å². The van der Waals surface area contributed by atoms with Crippen molar-refractivity contribution < 1.29 is 18.4 Å². The second-order valence-electron chi connectivity index (χ2n) is 6.76. The molecule has 2 aliphatic heterocycles. The minimum Gasteiger partial charge on any atom is -0.469 e. The summed E-state index contributed by atoms with van der Waals surface area (Å²) in [4.78, 5) is 14.8. The van der Waals surface area contributed by atoms with E-state index in [2.05, 4.69) is 10.1 Å². The second-order valence-corrected chi connectivity index (χ2v) is 6.76. The van der Waals surface area contributed by atoms with Gasteiger partial charge in [0.15, 0.2) is 0 Å². The molecule has 3 heterocycles. The highest BCUT2D eigenvalue weighted by Crippen LogP contribution is 2.44. The number of hydrogen-bond donors (Lipinski definition) is 0. The number of esters is 1. The number of methoxy groups -OCH3 is 1. The Morgan fingerprint density at radius 3 is 3.00 bits per heavy atom. The SMILES string of the molecule is COC(=O)C1C(Cc2cc(C)on2)CC2CCC1N2CCCF. The first-order valence-corrected chi connectivity index (χ1v) is 8.45. The van der Waals surface area contributed by atoms with Crippen molar-refractivity contribution in [3.8, 4) is 0 Å². The number of alkyl halides is 1. The van der Waals surface area contributed by atoms with Crippen LogP contribution < -0.4 is 0 Å². The molecule has 0 N–H and O–H groups in total. The molecule has 0 aliphatic carbocycles. The predicted molar refractivity (Wildman–Crippen MR) is 82.7 cm³/mol. The topological polar surface area (TPSA) is 55.6 Å². The van der Waals surface area contributed by atoms with Crippen LogP contribution >= 0.6 is 0 Å². The molecule has 0 spiro atoms. The Bertz CT molecular complexity index is 548. The molecule has 2 saturated heterocycles. The molecule has 1 aromatic heterocycles. The van der Waals surface area contributed by atoms with E-state index in [9.17, 15) is 9.18 Å². The van der Waals surface area contributed by atoms with Crippen LogP contribution in [0.15, 0.2) is 10.6 Å². The number of ether oxygens (including phenoxy) is 1. The number of carbonyl (C=O) groups is 1. The van der Waals surface area contributed by atoms with Gasteiger partial charge in [-0.15, -0.1) is 0 Å². The maximum absolute atomic E-state index is 12.6. The lowest BCUT2D eigenvalue weighted by molar-refractivity contribution is -0.152. The standard InChI is InChI=1S/C17H25FN2O3/c1-11-8-13(19-23-11)9-12-10-14-4-5-15(16(12)17(21)22-2)20(14)7-3-6-18/h8,12,14-16H,3-7,9-10H2,1-2H3. The molecule has 2 aliphatic rings. The van der Waals surface area contributed by atoms with Crippen molar-refractivity contribution >= 4 is 5.97 Å². The number of piperidine rings is 1. The molecule has 2 bridgehead atoms. The van der Waals surface area contributed by atoms with Crippen LogP contribution in [-0.2, 0) is 16.0 Å². The predicted octanol–water partition coefficient (Wildman–Crippen LogP) is 2.53. The van der Waals surface area contributed by atoms with E-state index >= 15 is 0 Å². The molecule has 23 heavy (non-hydrogen) atoms. The Kier molecular flexibility index (Phi) is 4.99. The summed E-state index contributed by atoms with van der Waals surface area (Å²) in [7, 11) is 1.45. The molecule has 1 aromatic rings. The van der Waals surface area contributed by atoms with Crippen LogP contribution in [0.25, 0.3) is 0 Å². The number of aromatic nitrogens is 1. The number of fused-ring (bicyclic) bond motifs is 2. The van der Waals surface area contributed by atoms with Crippen LogP contribution in [0.3, 0.4) is 0 Å². The number of carbonyl (C=O) groups excluding carboxylic acids is 1. The summed E-state index contributed by atoms with van der Waals surface area (Å²) in [5.74, 6) is 0.699. The van der Waals surface area contributed by atoms with Gasteiger partial charge >= 0.3 is 5.97 Å². The third-order valence-electron chi connectivity index (χ3n) is 5.36. The molecule has 6 heteroatoms. The molecule has 2 fully saturated rings. The van der Waals surface area contributed by atoms with Crippen LogP contribution in [0.1, 0.15) is 37.1 Å². The summed E-state index contributed by atoms with van der Waals surface area (Å²) in [6, 6.07) is 2.56. The number of halogens is 1. The molecule has 5 nitrogen and oxygen atoms in total. The number of rotatable bonds is 6. The highest BCUT2D eigenvalue weighted by molar-refractivity contribution is 5.74. The van der Waals surface area contributed by atoms with Crippen molar-refractivity contribution in [1.29, 1.82) is 0 Å². The van der Waals surface area contributed by atoms with Crippen molar-refractivity contribution in [2.24, 2.45) is 11.8 Å². The van der Waals surface area contributed by atoms with Crippen molar-refractivity contribution in [3.63, 3.8) is 0 Å². The van der Waals surface area contributed by atoms with Crippen LogP contribution in [0.4, 0.5) is 4.39 Å². The molecular weight excluding hydrogens is 299 g/mol. The summed E-state index contributed by atoms with van der Waals surface area (Å²) in [5, 5.41) is 4.08. The molecule has 3 rings (SSSR count). The third-order valence-corrected chi connectivity index (χ3v) is 5.36. The highest BCUT2D eigenvalue weighted by Gasteiger charge is 2.50. The normalized spacial score (nSPS) is 30.6. The molecule has 4 atom stereocenters. The van der Waals surface area contributed by atoms with Gasteiger partial charge in [0.1, 0.15) is 5.76 Å². The maximum Gasteiger partial charge on any atom is 0.310 e. The van der Waals surface area contributed by atoms with Gasteiger partial charge in [-0.25, -0.2) is 0 Å². The Hall–Kier alpha value is -1.43. The van der Waals surface area contributed by atoms with E-state index in [4.69, 9.17) is 9.26 Å². The fourth-order valence-electron chi connectivity index (χ4n) is 4.48. The largest absolute Gasteiger partial charge is 0.469 e. The first kappa shape index (κ1) is 16.4. The van der Waals surface area contributed by atoms with E-state index in [1.165, 1.54) is 7.11 Å². The van der Waals surface area contributed by atoms with E-state index in [-0.39, 0.29) is 30.5 Å². The highest BCUT2D eigenvalue weighted by atomic mass is 19.1. The zero-order valence-electron chi connectivity index (χ0n) is 13.8. The lowest BCUT2D eigenvalue weighted by Crippen LogP contribution is -2.52. The van der Waals surface area contributed by atoms with E-state index in [0.717, 1.165) is 43.7 Å². The summed E-state index contributed by atoms with van der Waals surface area (Å²) in [6.45, 7) is 2.30. The van der Waals surface area contributed by atoms with Gasteiger partial charge in [0.05, 0.1) is 25.4 Å². The molecule has 0 amide bonds. The fourth-order valence-corrected chi connectivity index (χ4v) is 4.48. The number of hydrogen-bond acceptors (Lipinski definition) is 5. The van der Waals surface area contributed by atoms with Gasteiger partial charge in [-0.3, -0.25) is 14.1 Å². The van der Waals surface area contributed by atoms with Gasteiger partial charge in [-0.1, -0.05) is 5.16 Å². The monoisotopic (exact) mass is 324 g/mol. The maximum atomic E-state index is 12.6. The number of aryl methyl sites for hydroxylation is 1. The zero-order valence-corrected chi connectivity index (χ0v) is 13.8. The molecular formula is C17H25FN2O3. The average molecular weight is 324 g/mol. The van der Waals surface area contributed by atoms with Gasteiger partial charge in [0.2, 0.25) is 0 Å². The van der Waals surface area contributed by atoms with Crippen LogP contribution in [0, 0.1) is 18.8 Å². The third kappa shape index (κ3) is 3.27. The van der Waals surface area contributed by atoms with E-state index in [1.54, 1.807) is 0 Å². The molecule has 4 unspecified atom stereocenters. The van der Waals surface area contributed by atoms with E-state index in [0.29, 0.717) is 12.5 Å². The van der Waals surface area contributed by atoms with Crippen molar-refractivity contribution in [1.82, 2.24) is 10.1 Å². The zero-order chi connectivity index (χ0) is 16.4. The smallest absolute Gasteiger partial charge is 0.310 e. The molecule has 128 valence electrons. The Labute approximate surface area is 136 Å². The number of nitrogens with zero attached hydrogens (tertiary/aromatic N) is 2. The Morgan fingerprint density at radius 2 is 2.35 bits per heavy atom. The first-order chi connectivity index (χ1) is 11.1. The van der Waals surface area contributed by atoms with Crippen molar-refractivity contribution in [2.75, 3.05) is 20.3 Å². The molecule has 0 radical (unpaired) electrons.